The highest BCUT2D eigenvalue weighted by Crippen LogP contribution is 2.24. The lowest BCUT2D eigenvalue weighted by Gasteiger charge is -2.10. The molecule has 0 saturated heterocycles. The SMILES string of the molecule is C=C(Cc1cccc(CC(F)(F)F)c1)c1ccc(-c2ccccn2)nc1. The highest BCUT2D eigenvalue weighted by molar-refractivity contribution is 5.67. The minimum Gasteiger partial charge on any atom is -0.255 e. The number of allylic oxidation sites excluding steroid dienone is 1. The van der Waals surface area contributed by atoms with Crippen molar-refractivity contribution in [2.24, 2.45) is 0 Å². The average Bonchev–Trinajstić information content (AvgIpc) is 2.61. The van der Waals surface area contributed by atoms with Crippen molar-refractivity contribution in [3.05, 3.63) is 90.3 Å². The van der Waals surface area contributed by atoms with Crippen LogP contribution >= 0.6 is 0 Å². The molecule has 0 aliphatic heterocycles. The number of nitrogens with zero attached hydrogens (tertiary/aromatic N) is 2. The van der Waals surface area contributed by atoms with Crippen molar-refractivity contribution in [3.63, 3.8) is 0 Å². The van der Waals surface area contributed by atoms with Gasteiger partial charge in [-0.1, -0.05) is 43.0 Å². The van der Waals surface area contributed by atoms with E-state index in [0.717, 1.165) is 28.1 Å². The van der Waals surface area contributed by atoms with Crippen molar-refractivity contribution < 1.29 is 13.2 Å². The number of aromatic nitrogens is 2. The maximum Gasteiger partial charge on any atom is 0.393 e. The van der Waals surface area contributed by atoms with E-state index in [1.54, 1.807) is 30.6 Å². The number of hydrogen-bond acceptors (Lipinski definition) is 2. The predicted molar refractivity (Wildman–Crippen MR) is 96.4 cm³/mol. The minimum absolute atomic E-state index is 0.256. The maximum atomic E-state index is 12.5. The molecule has 0 atom stereocenters. The van der Waals surface area contributed by atoms with Gasteiger partial charge in [-0.05, 0) is 46.9 Å². The van der Waals surface area contributed by atoms with E-state index in [9.17, 15) is 13.2 Å². The molecule has 1 aromatic carbocycles. The Balaban J connectivity index is 1.71. The average molecular weight is 354 g/mol. The first kappa shape index (κ1) is 17.9. The molecule has 0 radical (unpaired) electrons. The predicted octanol–water partition coefficient (Wildman–Crippen LogP) is 5.50. The third kappa shape index (κ3) is 4.79. The third-order valence-electron chi connectivity index (χ3n) is 3.91. The van der Waals surface area contributed by atoms with Crippen molar-refractivity contribution in [3.8, 4) is 11.4 Å². The van der Waals surface area contributed by atoms with Gasteiger partial charge in [0.25, 0.3) is 0 Å². The zero-order valence-electron chi connectivity index (χ0n) is 14.0. The fourth-order valence-corrected chi connectivity index (χ4v) is 2.70. The summed E-state index contributed by atoms with van der Waals surface area (Å²) in [5, 5.41) is 0. The van der Waals surface area contributed by atoms with E-state index in [0.29, 0.717) is 6.42 Å². The lowest BCUT2D eigenvalue weighted by atomic mass is 9.98. The van der Waals surface area contributed by atoms with Crippen LogP contribution < -0.4 is 0 Å². The molecule has 0 amide bonds. The molecule has 0 unspecified atom stereocenters. The molecule has 0 saturated carbocycles. The summed E-state index contributed by atoms with van der Waals surface area (Å²) in [6.07, 6.45) is -1.24. The van der Waals surface area contributed by atoms with E-state index in [1.807, 2.05) is 30.3 Å². The molecule has 0 spiro atoms. The Morgan fingerprint density at radius 3 is 2.31 bits per heavy atom. The topological polar surface area (TPSA) is 25.8 Å². The van der Waals surface area contributed by atoms with Crippen molar-refractivity contribution in [2.75, 3.05) is 0 Å². The number of halogens is 3. The lowest BCUT2D eigenvalue weighted by Crippen LogP contribution is -2.11. The van der Waals surface area contributed by atoms with Gasteiger partial charge in [0.15, 0.2) is 0 Å². The summed E-state index contributed by atoms with van der Waals surface area (Å²) in [5.41, 5.74) is 4.25. The fraction of sp³-hybridized carbons (Fsp3) is 0.143. The van der Waals surface area contributed by atoms with Crippen LogP contribution in [0.4, 0.5) is 13.2 Å². The molecule has 2 aromatic heterocycles. The van der Waals surface area contributed by atoms with Crippen molar-refractivity contribution >= 4 is 5.57 Å². The smallest absolute Gasteiger partial charge is 0.255 e. The molecular formula is C21H17F3N2. The molecule has 3 aromatic rings. The van der Waals surface area contributed by atoms with Crippen molar-refractivity contribution in [1.82, 2.24) is 9.97 Å². The van der Waals surface area contributed by atoms with Crippen LogP contribution in [0.15, 0.2) is 73.6 Å². The third-order valence-corrected chi connectivity index (χ3v) is 3.91. The fourth-order valence-electron chi connectivity index (χ4n) is 2.70. The molecule has 0 N–H and O–H groups in total. The van der Waals surface area contributed by atoms with Crippen LogP contribution in [0.25, 0.3) is 17.0 Å². The van der Waals surface area contributed by atoms with Crippen LogP contribution in [-0.4, -0.2) is 16.1 Å². The maximum absolute atomic E-state index is 12.5. The number of hydrogen-bond donors (Lipinski definition) is 0. The zero-order valence-corrected chi connectivity index (χ0v) is 14.0. The van der Waals surface area contributed by atoms with E-state index in [2.05, 4.69) is 16.5 Å². The molecule has 0 aliphatic rings. The monoisotopic (exact) mass is 354 g/mol. The van der Waals surface area contributed by atoms with E-state index in [4.69, 9.17) is 0 Å². The first-order chi connectivity index (χ1) is 12.4. The quantitative estimate of drug-likeness (QED) is 0.604. The van der Waals surface area contributed by atoms with E-state index < -0.39 is 12.6 Å². The van der Waals surface area contributed by atoms with Gasteiger partial charge in [-0.15, -0.1) is 0 Å². The molecule has 26 heavy (non-hydrogen) atoms. The molecule has 2 heterocycles. The largest absolute Gasteiger partial charge is 0.393 e. The number of alkyl halides is 3. The van der Waals surface area contributed by atoms with Gasteiger partial charge in [0.2, 0.25) is 0 Å². The van der Waals surface area contributed by atoms with Crippen molar-refractivity contribution in [1.29, 1.82) is 0 Å². The van der Waals surface area contributed by atoms with Gasteiger partial charge >= 0.3 is 6.18 Å². The molecular weight excluding hydrogens is 337 g/mol. The highest BCUT2D eigenvalue weighted by Gasteiger charge is 2.27. The molecule has 3 rings (SSSR count). The van der Waals surface area contributed by atoms with Crippen molar-refractivity contribution in [2.45, 2.75) is 19.0 Å². The summed E-state index contributed by atoms with van der Waals surface area (Å²) in [7, 11) is 0. The van der Waals surface area contributed by atoms with E-state index in [1.165, 1.54) is 6.07 Å². The number of pyridine rings is 2. The summed E-state index contributed by atoms with van der Waals surface area (Å²) >= 11 is 0. The molecule has 0 fully saturated rings. The van der Waals surface area contributed by atoms with Crippen LogP contribution in [0.1, 0.15) is 16.7 Å². The van der Waals surface area contributed by atoms with Crippen LogP contribution in [0, 0.1) is 0 Å². The summed E-state index contributed by atoms with van der Waals surface area (Å²) in [6.45, 7) is 4.05. The molecule has 0 aliphatic carbocycles. The zero-order chi connectivity index (χ0) is 18.6. The molecule has 5 heteroatoms. The summed E-state index contributed by atoms with van der Waals surface area (Å²) < 4.78 is 37.6. The number of benzene rings is 1. The van der Waals surface area contributed by atoms with Gasteiger partial charge in [-0.25, -0.2) is 0 Å². The van der Waals surface area contributed by atoms with Crippen LogP contribution in [0.3, 0.4) is 0 Å². The number of rotatable bonds is 5. The Hall–Kier alpha value is -2.95. The second-order valence-corrected chi connectivity index (χ2v) is 6.04. The first-order valence-corrected chi connectivity index (χ1v) is 8.11. The Kier molecular flexibility index (Phi) is 5.16. The molecule has 0 bridgehead atoms. The second kappa shape index (κ2) is 7.52. The Bertz CT molecular complexity index is 885. The standard InChI is InChI=1S/C21H17F3N2/c1-15(11-16-5-4-6-17(12-16)13-21(22,23)24)18-8-9-20(26-14-18)19-7-2-3-10-25-19/h2-10,12,14H,1,11,13H2. The second-order valence-electron chi connectivity index (χ2n) is 6.04. The normalized spacial score (nSPS) is 11.3. The minimum atomic E-state index is -4.21. The molecule has 132 valence electrons. The van der Waals surface area contributed by atoms with Gasteiger partial charge < -0.3 is 0 Å². The molecule has 2 nitrogen and oxygen atoms in total. The van der Waals surface area contributed by atoms with Crippen LogP contribution in [0.5, 0.6) is 0 Å². The van der Waals surface area contributed by atoms with E-state index in [-0.39, 0.29) is 5.56 Å². The summed E-state index contributed by atoms with van der Waals surface area (Å²) in [6, 6.07) is 15.9. The van der Waals surface area contributed by atoms with Gasteiger partial charge in [0.1, 0.15) is 0 Å². The van der Waals surface area contributed by atoms with Crippen LogP contribution in [-0.2, 0) is 12.8 Å². The Morgan fingerprint density at radius 2 is 1.65 bits per heavy atom. The van der Waals surface area contributed by atoms with Crippen LogP contribution in [0.2, 0.25) is 0 Å². The Morgan fingerprint density at radius 1 is 0.885 bits per heavy atom. The summed E-state index contributed by atoms with van der Waals surface area (Å²) in [5.74, 6) is 0. The Labute approximate surface area is 150 Å². The highest BCUT2D eigenvalue weighted by atomic mass is 19.4. The van der Waals surface area contributed by atoms with E-state index >= 15 is 0 Å². The summed E-state index contributed by atoms with van der Waals surface area (Å²) in [4.78, 5) is 8.66. The first-order valence-electron chi connectivity index (χ1n) is 8.11. The van der Waals surface area contributed by atoms with Gasteiger partial charge in [0.05, 0.1) is 17.8 Å². The van der Waals surface area contributed by atoms with Gasteiger partial charge in [-0.2, -0.15) is 13.2 Å². The lowest BCUT2D eigenvalue weighted by molar-refractivity contribution is -0.127. The van der Waals surface area contributed by atoms with Gasteiger partial charge in [-0.3, -0.25) is 9.97 Å². The van der Waals surface area contributed by atoms with Gasteiger partial charge in [0, 0.05) is 12.4 Å².